The second kappa shape index (κ2) is 5.39. The number of carbonyl (C=O) groups is 2. The first-order valence-corrected chi connectivity index (χ1v) is 6.48. The lowest BCUT2D eigenvalue weighted by Crippen LogP contribution is -2.40. The Morgan fingerprint density at radius 3 is 2.04 bits per heavy atom. The number of hydrogen-bond acceptors (Lipinski definition) is 6. The van der Waals surface area contributed by atoms with Gasteiger partial charge in [-0.2, -0.15) is 13.2 Å². The highest BCUT2D eigenvalue weighted by Gasteiger charge is 2.52. The van der Waals surface area contributed by atoms with E-state index in [1.165, 1.54) is 13.8 Å². The molecule has 134 valence electrons. The molecule has 0 unspecified atom stereocenters. The number of nitro benzene ring substituents is 2. The van der Waals surface area contributed by atoms with Gasteiger partial charge in [0, 0.05) is 6.07 Å². The molecule has 1 saturated heterocycles. The summed E-state index contributed by atoms with van der Waals surface area (Å²) in [6, 6.07) is -0.262. The minimum atomic E-state index is -5.46. The third kappa shape index (κ3) is 2.83. The molecular formula is C12H9F3N4O6. The zero-order valence-corrected chi connectivity index (χ0v) is 12.6. The fourth-order valence-corrected chi connectivity index (χ4v) is 2.33. The summed E-state index contributed by atoms with van der Waals surface area (Å²) in [5, 5.41) is 24.2. The first-order valence-electron chi connectivity index (χ1n) is 6.48. The SMILES string of the molecule is CC1(C)NC(=O)N(c2ccc([N+](=O)[O-])c(C(F)(F)F)c2[N+](=O)[O-])C1=O. The van der Waals surface area contributed by atoms with Crippen LogP contribution in [0.25, 0.3) is 0 Å². The van der Waals surface area contributed by atoms with E-state index >= 15 is 0 Å². The van der Waals surface area contributed by atoms with Crippen LogP contribution in [0, 0.1) is 20.2 Å². The van der Waals surface area contributed by atoms with Gasteiger partial charge in [0.15, 0.2) is 0 Å². The minimum Gasteiger partial charge on any atom is -0.323 e. The highest BCUT2D eigenvalue weighted by molar-refractivity contribution is 6.24. The Morgan fingerprint density at radius 2 is 1.68 bits per heavy atom. The normalized spacial score (nSPS) is 16.8. The van der Waals surface area contributed by atoms with Crippen LogP contribution in [0.3, 0.4) is 0 Å². The Balaban J connectivity index is 2.86. The van der Waals surface area contributed by atoms with E-state index < -0.39 is 56.1 Å². The number of nitrogens with one attached hydrogen (secondary N) is 1. The Hall–Kier alpha value is -3.25. The molecule has 1 heterocycles. The van der Waals surface area contributed by atoms with Crippen molar-refractivity contribution in [1.29, 1.82) is 0 Å². The van der Waals surface area contributed by atoms with Gasteiger partial charge >= 0.3 is 17.9 Å². The molecular weight excluding hydrogens is 353 g/mol. The van der Waals surface area contributed by atoms with Crippen LogP contribution in [0.5, 0.6) is 0 Å². The number of nitrogens with zero attached hydrogens (tertiary/aromatic N) is 3. The number of hydrogen-bond donors (Lipinski definition) is 1. The molecule has 25 heavy (non-hydrogen) atoms. The van der Waals surface area contributed by atoms with Gasteiger partial charge in [0.25, 0.3) is 11.6 Å². The lowest BCUT2D eigenvalue weighted by molar-refractivity contribution is -0.399. The van der Waals surface area contributed by atoms with Gasteiger partial charge in [-0.3, -0.25) is 25.0 Å². The third-order valence-corrected chi connectivity index (χ3v) is 3.40. The van der Waals surface area contributed by atoms with Crippen molar-refractivity contribution in [2.45, 2.75) is 25.6 Å². The largest absolute Gasteiger partial charge is 0.429 e. The predicted octanol–water partition coefficient (Wildman–Crippen LogP) is 2.36. The lowest BCUT2D eigenvalue weighted by Gasteiger charge is -2.17. The summed E-state index contributed by atoms with van der Waals surface area (Å²) in [7, 11) is 0. The number of nitro groups is 2. The highest BCUT2D eigenvalue weighted by Crippen LogP contribution is 2.47. The van der Waals surface area contributed by atoms with Gasteiger partial charge in [-0.25, -0.2) is 9.69 Å². The van der Waals surface area contributed by atoms with E-state index in [2.05, 4.69) is 5.32 Å². The van der Waals surface area contributed by atoms with Crippen molar-refractivity contribution in [3.8, 4) is 0 Å². The molecule has 0 saturated carbocycles. The zero-order chi connectivity index (χ0) is 19.3. The Morgan fingerprint density at radius 1 is 1.12 bits per heavy atom. The second-order valence-electron chi connectivity index (χ2n) is 5.54. The second-order valence-corrected chi connectivity index (χ2v) is 5.54. The standard InChI is InChI=1S/C12H9F3N4O6/c1-11(2)9(20)17(10(21)16-11)6-4-3-5(18(22)23)7(12(13,14)15)8(6)19(24)25/h3-4H,1-2H3,(H,16,21). The van der Waals surface area contributed by atoms with E-state index in [9.17, 15) is 43.0 Å². The van der Waals surface area contributed by atoms with Crippen LogP contribution in [-0.2, 0) is 11.0 Å². The summed E-state index contributed by atoms with van der Waals surface area (Å²) in [6.45, 7) is 2.49. The van der Waals surface area contributed by atoms with Gasteiger partial charge in [0.1, 0.15) is 11.2 Å². The van der Waals surface area contributed by atoms with Crippen LogP contribution in [0.15, 0.2) is 12.1 Å². The summed E-state index contributed by atoms with van der Waals surface area (Å²) in [6.07, 6.45) is -5.46. The van der Waals surface area contributed by atoms with Gasteiger partial charge in [0.05, 0.1) is 9.85 Å². The smallest absolute Gasteiger partial charge is 0.323 e. The summed E-state index contributed by atoms with van der Waals surface area (Å²) in [5.41, 5.74) is -7.97. The van der Waals surface area contributed by atoms with E-state index in [1.807, 2.05) is 0 Å². The van der Waals surface area contributed by atoms with Gasteiger partial charge in [-0.1, -0.05) is 0 Å². The summed E-state index contributed by atoms with van der Waals surface area (Å²) < 4.78 is 39.7. The van der Waals surface area contributed by atoms with Crippen molar-refractivity contribution >= 4 is 29.0 Å². The van der Waals surface area contributed by atoms with Crippen molar-refractivity contribution in [2.24, 2.45) is 0 Å². The molecule has 0 radical (unpaired) electrons. The van der Waals surface area contributed by atoms with Crippen molar-refractivity contribution in [2.75, 3.05) is 4.90 Å². The van der Waals surface area contributed by atoms with Crippen LogP contribution in [-0.4, -0.2) is 27.3 Å². The number of anilines is 1. The van der Waals surface area contributed by atoms with Crippen LogP contribution in [0.2, 0.25) is 0 Å². The zero-order valence-electron chi connectivity index (χ0n) is 12.6. The predicted molar refractivity (Wildman–Crippen MR) is 74.8 cm³/mol. The van der Waals surface area contributed by atoms with Crippen molar-refractivity contribution in [1.82, 2.24) is 5.32 Å². The molecule has 0 bridgehead atoms. The molecule has 0 aromatic heterocycles. The monoisotopic (exact) mass is 362 g/mol. The Kier molecular flexibility index (Phi) is 3.90. The number of alkyl halides is 3. The summed E-state index contributed by atoms with van der Waals surface area (Å²) in [5.74, 6) is -1.04. The van der Waals surface area contributed by atoms with E-state index in [1.54, 1.807) is 0 Å². The molecule has 1 aromatic carbocycles. The van der Waals surface area contributed by atoms with E-state index in [4.69, 9.17) is 0 Å². The molecule has 0 spiro atoms. The molecule has 1 aliphatic heterocycles. The van der Waals surface area contributed by atoms with Crippen LogP contribution >= 0.6 is 0 Å². The molecule has 10 nitrogen and oxygen atoms in total. The van der Waals surface area contributed by atoms with Crippen LogP contribution < -0.4 is 10.2 Å². The maximum atomic E-state index is 13.2. The van der Waals surface area contributed by atoms with Crippen LogP contribution in [0.4, 0.5) is 35.0 Å². The van der Waals surface area contributed by atoms with E-state index in [0.29, 0.717) is 12.1 Å². The molecule has 2 rings (SSSR count). The fraction of sp³-hybridized carbons (Fsp3) is 0.333. The van der Waals surface area contributed by atoms with Gasteiger partial charge in [-0.15, -0.1) is 0 Å². The third-order valence-electron chi connectivity index (χ3n) is 3.40. The van der Waals surface area contributed by atoms with Gasteiger partial charge < -0.3 is 5.32 Å². The highest BCUT2D eigenvalue weighted by atomic mass is 19.4. The van der Waals surface area contributed by atoms with Crippen molar-refractivity contribution in [3.05, 3.63) is 37.9 Å². The molecule has 0 aliphatic carbocycles. The number of imide groups is 1. The summed E-state index contributed by atoms with van der Waals surface area (Å²) >= 11 is 0. The molecule has 1 fully saturated rings. The molecule has 1 aromatic rings. The van der Waals surface area contributed by atoms with E-state index in [0.717, 1.165) is 0 Å². The number of carbonyl (C=O) groups excluding carboxylic acids is 2. The Labute approximate surface area is 136 Å². The number of rotatable bonds is 3. The molecule has 1 aliphatic rings. The van der Waals surface area contributed by atoms with Crippen molar-refractivity contribution in [3.63, 3.8) is 0 Å². The average molecular weight is 362 g/mol. The van der Waals surface area contributed by atoms with Crippen molar-refractivity contribution < 1.29 is 32.6 Å². The van der Waals surface area contributed by atoms with E-state index in [-0.39, 0.29) is 4.90 Å². The number of benzene rings is 1. The molecule has 1 N–H and O–H groups in total. The first-order chi connectivity index (χ1) is 11.3. The lowest BCUT2D eigenvalue weighted by atomic mass is 10.0. The number of urea groups is 1. The fourth-order valence-electron chi connectivity index (χ4n) is 2.33. The molecule has 3 amide bonds. The van der Waals surface area contributed by atoms with Gasteiger partial charge in [-0.05, 0) is 19.9 Å². The minimum absolute atomic E-state index is 0.164. The molecule has 0 atom stereocenters. The Bertz CT molecular complexity index is 820. The van der Waals surface area contributed by atoms with Crippen LogP contribution in [0.1, 0.15) is 19.4 Å². The maximum Gasteiger partial charge on any atom is 0.429 e. The average Bonchev–Trinajstić information content (AvgIpc) is 2.64. The maximum absolute atomic E-state index is 13.2. The van der Waals surface area contributed by atoms with Gasteiger partial charge in [0.2, 0.25) is 5.56 Å². The number of halogens is 3. The number of amides is 3. The summed E-state index contributed by atoms with van der Waals surface area (Å²) in [4.78, 5) is 43.4. The quantitative estimate of drug-likeness (QED) is 0.498. The topological polar surface area (TPSA) is 136 Å². The molecule has 13 heteroatoms. The first kappa shape index (κ1) is 18.1.